The molecule has 3 aliphatic rings. The molecule has 4 rings (SSSR count). The predicted octanol–water partition coefficient (Wildman–Crippen LogP) is 3.92. The molecule has 1 aromatic rings. The number of amides is 2. The van der Waals surface area contributed by atoms with Crippen molar-refractivity contribution in [3.8, 4) is 5.75 Å². The minimum Gasteiger partial charge on any atom is -0.508 e. The lowest BCUT2D eigenvalue weighted by Crippen LogP contribution is -2.65. The fourth-order valence-corrected chi connectivity index (χ4v) is 6.29. The molecule has 30 heavy (non-hydrogen) atoms. The van der Waals surface area contributed by atoms with Crippen molar-refractivity contribution in [1.82, 2.24) is 10.2 Å². The van der Waals surface area contributed by atoms with Crippen LogP contribution in [0.1, 0.15) is 77.3 Å². The number of hydrogen-bond acceptors (Lipinski definition) is 3. The number of nitrogens with one attached hydrogen (secondary N) is 1. The second-order valence-electron chi connectivity index (χ2n) is 10.4. The molecule has 2 unspecified atom stereocenters. The molecule has 1 heterocycles. The van der Waals surface area contributed by atoms with Crippen LogP contribution in [0.25, 0.3) is 0 Å². The fraction of sp³-hybridized carbons (Fsp3) is 0.680. The molecule has 1 aromatic carbocycles. The number of phenolic OH excluding ortho intramolecular Hbond substituents is 1. The molecule has 164 valence electrons. The molecule has 2 N–H and O–H groups in total. The van der Waals surface area contributed by atoms with Crippen molar-refractivity contribution < 1.29 is 14.7 Å². The summed E-state index contributed by atoms with van der Waals surface area (Å²) in [5.74, 6) is 0.682. The lowest BCUT2D eigenvalue weighted by Gasteiger charge is -2.61. The van der Waals surface area contributed by atoms with Gasteiger partial charge in [0.25, 0.3) is 0 Å². The first-order valence-electron chi connectivity index (χ1n) is 11.6. The van der Waals surface area contributed by atoms with E-state index < -0.39 is 0 Å². The van der Waals surface area contributed by atoms with E-state index in [1.165, 1.54) is 5.56 Å². The van der Waals surface area contributed by atoms with Crippen molar-refractivity contribution in [2.24, 2.45) is 11.3 Å². The Labute approximate surface area is 180 Å². The van der Waals surface area contributed by atoms with Crippen LogP contribution in [0.15, 0.2) is 18.2 Å². The van der Waals surface area contributed by atoms with Gasteiger partial charge < -0.3 is 15.3 Å². The topological polar surface area (TPSA) is 69.6 Å². The Morgan fingerprint density at radius 1 is 1.23 bits per heavy atom. The largest absolute Gasteiger partial charge is 0.508 e. The number of piperidine rings is 1. The first kappa shape index (κ1) is 21.2. The molecule has 1 aliphatic heterocycles. The van der Waals surface area contributed by atoms with Gasteiger partial charge in [-0.05, 0) is 61.1 Å². The Kier molecular flexibility index (Phi) is 5.36. The van der Waals surface area contributed by atoms with E-state index in [0.29, 0.717) is 18.6 Å². The van der Waals surface area contributed by atoms with Crippen molar-refractivity contribution in [1.29, 1.82) is 0 Å². The molecule has 2 amide bonds. The second-order valence-corrected chi connectivity index (χ2v) is 10.4. The molecular formula is C25H36N2O3. The third-order valence-corrected chi connectivity index (χ3v) is 8.53. The van der Waals surface area contributed by atoms with Gasteiger partial charge in [-0.3, -0.25) is 9.59 Å². The normalized spacial score (nSPS) is 31.9. The highest BCUT2D eigenvalue weighted by Gasteiger charge is 2.57. The van der Waals surface area contributed by atoms with Gasteiger partial charge in [-0.2, -0.15) is 0 Å². The van der Waals surface area contributed by atoms with Crippen LogP contribution in [-0.4, -0.2) is 40.4 Å². The van der Waals surface area contributed by atoms with Crippen LogP contribution >= 0.6 is 0 Å². The van der Waals surface area contributed by atoms with E-state index in [9.17, 15) is 14.7 Å². The van der Waals surface area contributed by atoms with Gasteiger partial charge >= 0.3 is 0 Å². The van der Waals surface area contributed by atoms with Crippen LogP contribution in [0.4, 0.5) is 0 Å². The van der Waals surface area contributed by atoms with Gasteiger partial charge in [0.1, 0.15) is 5.75 Å². The van der Waals surface area contributed by atoms with Crippen molar-refractivity contribution in [3.63, 3.8) is 0 Å². The van der Waals surface area contributed by atoms with Gasteiger partial charge in [0.15, 0.2) is 0 Å². The molecule has 0 spiro atoms. The average Bonchev–Trinajstić information content (AvgIpc) is 3.13. The zero-order valence-electron chi connectivity index (χ0n) is 18.8. The van der Waals surface area contributed by atoms with E-state index in [4.69, 9.17) is 0 Å². The second kappa shape index (κ2) is 7.58. The first-order valence-corrected chi connectivity index (χ1v) is 11.6. The monoisotopic (exact) mass is 412 g/mol. The van der Waals surface area contributed by atoms with Crippen LogP contribution in [0.3, 0.4) is 0 Å². The van der Waals surface area contributed by atoms with Gasteiger partial charge in [-0.25, -0.2) is 0 Å². The standard InChI is InChI=1S/C25H36N2O3/c1-5-7-22(29)26-17-11-10-16(14-17)23(30)27-13-12-25(4)19-8-6-9-20(28)18(19)15-21(27)24(25,2)3/h6,8-9,16-17,21,28H,5,7,10-15H2,1-4H3,(H,26,29)/t16?,17-,21?,25+/m1/s1. The Hall–Kier alpha value is -2.04. The van der Waals surface area contributed by atoms with Crippen LogP contribution < -0.4 is 5.32 Å². The van der Waals surface area contributed by atoms with Crippen molar-refractivity contribution in [3.05, 3.63) is 29.3 Å². The lowest BCUT2D eigenvalue weighted by atomic mass is 9.51. The van der Waals surface area contributed by atoms with E-state index >= 15 is 0 Å². The molecule has 5 nitrogen and oxygen atoms in total. The summed E-state index contributed by atoms with van der Waals surface area (Å²) in [6, 6.07) is 6.07. The summed E-state index contributed by atoms with van der Waals surface area (Å²) in [4.78, 5) is 27.7. The number of phenols is 1. The molecular weight excluding hydrogens is 376 g/mol. The Morgan fingerprint density at radius 3 is 2.73 bits per heavy atom. The molecule has 0 radical (unpaired) electrons. The van der Waals surface area contributed by atoms with E-state index in [0.717, 1.165) is 44.2 Å². The van der Waals surface area contributed by atoms with Gasteiger partial charge in [0, 0.05) is 36.4 Å². The number of nitrogens with zero attached hydrogens (tertiary/aromatic N) is 1. The minimum atomic E-state index is -0.0744. The summed E-state index contributed by atoms with van der Waals surface area (Å²) in [7, 11) is 0. The van der Waals surface area contributed by atoms with E-state index in [2.05, 4.69) is 37.1 Å². The summed E-state index contributed by atoms with van der Waals surface area (Å²) in [6.45, 7) is 9.64. The number of hydrogen-bond donors (Lipinski definition) is 2. The zero-order valence-corrected chi connectivity index (χ0v) is 18.8. The summed E-state index contributed by atoms with van der Waals surface area (Å²) in [5.41, 5.74) is 2.12. The molecule has 1 saturated heterocycles. The van der Waals surface area contributed by atoms with E-state index in [-0.39, 0.29) is 40.6 Å². The maximum atomic E-state index is 13.6. The number of carbonyl (C=O) groups excluding carboxylic acids is 2. The van der Waals surface area contributed by atoms with Crippen LogP contribution in [0.2, 0.25) is 0 Å². The van der Waals surface area contributed by atoms with Crippen LogP contribution in [0.5, 0.6) is 5.75 Å². The number of benzene rings is 1. The number of carbonyl (C=O) groups is 2. The highest BCUT2D eigenvalue weighted by Crippen LogP contribution is 2.57. The molecule has 5 heteroatoms. The molecule has 0 aromatic heterocycles. The first-order chi connectivity index (χ1) is 14.2. The summed E-state index contributed by atoms with van der Waals surface area (Å²) >= 11 is 0. The summed E-state index contributed by atoms with van der Waals surface area (Å²) < 4.78 is 0. The number of rotatable bonds is 4. The number of likely N-dealkylation sites (tertiary alicyclic amines) is 1. The Morgan fingerprint density at radius 2 is 2.00 bits per heavy atom. The van der Waals surface area contributed by atoms with Gasteiger partial charge in [0.2, 0.25) is 11.8 Å². The smallest absolute Gasteiger partial charge is 0.226 e. The molecule has 2 bridgehead atoms. The maximum absolute atomic E-state index is 13.6. The highest BCUT2D eigenvalue weighted by atomic mass is 16.3. The van der Waals surface area contributed by atoms with E-state index in [1.54, 1.807) is 6.07 Å². The van der Waals surface area contributed by atoms with Gasteiger partial charge in [-0.15, -0.1) is 0 Å². The van der Waals surface area contributed by atoms with E-state index in [1.807, 2.05) is 13.0 Å². The fourth-order valence-electron chi connectivity index (χ4n) is 6.29. The maximum Gasteiger partial charge on any atom is 0.226 e. The number of fused-ring (bicyclic) bond motifs is 4. The lowest BCUT2D eigenvalue weighted by molar-refractivity contribution is -0.148. The summed E-state index contributed by atoms with van der Waals surface area (Å²) in [6.07, 6.45) is 5.49. The van der Waals surface area contributed by atoms with Gasteiger partial charge in [-0.1, -0.05) is 39.8 Å². The average molecular weight is 413 g/mol. The minimum absolute atomic E-state index is 0.0113. The van der Waals surface area contributed by atoms with Crippen molar-refractivity contribution in [2.45, 2.75) is 90.1 Å². The third kappa shape index (κ3) is 3.21. The molecule has 2 fully saturated rings. The van der Waals surface area contributed by atoms with Crippen molar-refractivity contribution in [2.75, 3.05) is 6.54 Å². The third-order valence-electron chi connectivity index (χ3n) is 8.53. The summed E-state index contributed by atoms with van der Waals surface area (Å²) in [5, 5.41) is 13.7. The predicted molar refractivity (Wildman–Crippen MR) is 117 cm³/mol. The van der Waals surface area contributed by atoms with Gasteiger partial charge in [0.05, 0.1) is 0 Å². The van der Waals surface area contributed by atoms with Crippen LogP contribution in [0, 0.1) is 11.3 Å². The highest BCUT2D eigenvalue weighted by molar-refractivity contribution is 5.81. The molecule has 2 aliphatic carbocycles. The SMILES string of the molecule is CCCC(=O)N[C@@H]1CCC(C(=O)N2CC[C@@]3(C)c4cccc(O)c4CC2C3(C)C)C1. The Balaban J connectivity index is 1.54. The quantitative estimate of drug-likeness (QED) is 0.788. The Bertz CT molecular complexity index is 849. The zero-order chi connectivity index (χ0) is 21.7. The van der Waals surface area contributed by atoms with Crippen molar-refractivity contribution >= 4 is 11.8 Å². The molecule has 1 saturated carbocycles. The number of aromatic hydroxyl groups is 1. The van der Waals surface area contributed by atoms with Crippen LogP contribution in [-0.2, 0) is 21.4 Å². The molecule has 4 atom stereocenters.